The third-order valence-corrected chi connectivity index (χ3v) is 4.17. The van der Waals surface area contributed by atoms with Gasteiger partial charge >= 0.3 is 0 Å². The van der Waals surface area contributed by atoms with E-state index in [4.69, 9.17) is 10.9 Å². The van der Waals surface area contributed by atoms with Crippen LogP contribution in [-0.4, -0.2) is 28.4 Å². The highest BCUT2D eigenvalue weighted by atomic mass is 16.4. The van der Waals surface area contributed by atoms with Crippen molar-refractivity contribution >= 4 is 11.7 Å². The first-order valence-corrected chi connectivity index (χ1v) is 6.55. The summed E-state index contributed by atoms with van der Waals surface area (Å²) in [7, 11) is 0. The van der Waals surface area contributed by atoms with Crippen LogP contribution in [0.2, 0.25) is 0 Å². The lowest BCUT2D eigenvalue weighted by atomic mass is 10.1. The van der Waals surface area contributed by atoms with E-state index in [-0.39, 0.29) is 23.7 Å². The van der Waals surface area contributed by atoms with Gasteiger partial charge in [-0.3, -0.25) is 4.79 Å². The fourth-order valence-corrected chi connectivity index (χ4v) is 3.17. The van der Waals surface area contributed by atoms with Crippen LogP contribution in [0.5, 0.6) is 0 Å². The SMILES string of the molecule is N/C(=N/O)[C@H]1CC(=O)N([C@H]2CCc3ccccc32)C1. The third kappa shape index (κ3) is 1.95. The summed E-state index contributed by atoms with van der Waals surface area (Å²) >= 11 is 0. The predicted octanol–water partition coefficient (Wildman–Crippen LogP) is 1.27. The number of carbonyl (C=O) groups excluding carboxylic acids is 1. The molecule has 1 amide bonds. The number of rotatable bonds is 2. The minimum Gasteiger partial charge on any atom is -0.409 e. The van der Waals surface area contributed by atoms with Crippen LogP contribution in [-0.2, 0) is 11.2 Å². The molecule has 0 bridgehead atoms. The molecule has 1 aromatic rings. The van der Waals surface area contributed by atoms with E-state index in [9.17, 15) is 4.79 Å². The molecule has 5 nitrogen and oxygen atoms in total. The first kappa shape index (κ1) is 12.0. The van der Waals surface area contributed by atoms with Crippen LogP contribution in [0.4, 0.5) is 0 Å². The Hall–Kier alpha value is -2.04. The number of nitrogens with zero attached hydrogens (tertiary/aromatic N) is 2. The second kappa shape index (κ2) is 4.57. The molecule has 1 fully saturated rings. The van der Waals surface area contributed by atoms with Gasteiger partial charge in [0.1, 0.15) is 5.84 Å². The average molecular weight is 259 g/mol. The summed E-state index contributed by atoms with van der Waals surface area (Å²) < 4.78 is 0. The molecule has 5 heteroatoms. The van der Waals surface area contributed by atoms with Crippen molar-refractivity contribution in [2.45, 2.75) is 25.3 Å². The summed E-state index contributed by atoms with van der Waals surface area (Å²) in [6.45, 7) is 0.549. The average Bonchev–Trinajstić information content (AvgIpc) is 3.01. The van der Waals surface area contributed by atoms with Crippen LogP contribution in [0.15, 0.2) is 29.4 Å². The minimum absolute atomic E-state index is 0.0957. The maximum atomic E-state index is 12.1. The van der Waals surface area contributed by atoms with E-state index in [0.29, 0.717) is 13.0 Å². The Balaban J connectivity index is 1.83. The molecular weight excluding hydrogens is 242 g/mol. The van der Waals surface area contributed by atoms with E-state index >= 15 is 0 Å². The highest BCUT2D eigenvalue weighted by molar-refractivity contribution is 5.91. The Bertz CT molecular complexity index is 541. The van der Waals surface area contributed by atoms with Crippen LogP contribution >= 0.6 is 0 Å². The van der Waals surface area contributed by atoms with Gasteiger partial charge in [-0.2, -0.15) is 0 Å². The first-order chi connectivity index (χ1) is 9.20. The van der Waals surface area contributed by atoms with Crippen molar-refractivity contribution in [3.8, 4) is 0 Å². The maximum absolute atomic E-state index is 12.1. The van der Waals surface area contributed by atoms with E-state index < -0.39 is 0 Å². The molecule has 2 atom stereocenters. The van der Waals surface area contributed by atoms with Gasteiger partial charge in [0.05, 0.1) is 6.04 Å². The summed E-state index contributed by atoms with van der Waals surface area (Å²) in [6, 6.07) is 8.42. The van der Waals surface area contributed by atoms with Crippen LogP contribution in [0, 0.1) is 5.92 Å². The molecule has 2 aliphatic rings. The molecule has 100 valence electrons. The maximum Gasteiger partial charge on any atom is 0.223 e. The number of benzene rings is 1. The van der Waals surface area contributed by atoms with Crippen molar-refractivity contribution in [3.63, 3.8) is 0 Å². The van der Waals surface area contributed by atoms with E-state index in [2.05, 4.69) is 17.3 Å². The summed E-state index contributed by atoms with van der Waals surface area (Å²) in [5.74, 6) is 0.0886. The summed E-state index contributed by atoms with van der Waals surface area (Å²) in [4.78, 5) is 14.0. The lowest BCUT2D eigenvalue weighted by Crippen LogP contribution is -2.31. The van der Waals surface area contributed by atoms with Crippen LogP contribution in [0.1, 0.15) is 30.0 Å². The lowest BCUT2D eigenvalue weighted by Gasteiger charge is -2.25. The van der Waals surface area contributed by atoms with Crippen molar-refractivity contribution in [3.05, 3.63) is 35.4 Å². The predicted molar refractivity (Wildman–Crippen MR) is 70.7 cm³/mol. The van der Waals surface area contributed by atoms with Crippen molar-refractivity contribution in [1.29, 1.82) is 0 Å². The molecule has 1 aliphatic carbocycles. The smallest absolute Gasteiger partial charge is 0.223 e. The third-order valence-electron chi connectivity index (χ3n) is 4.17. The topological polar surface area (TPSA) is 78.9 Å². The number of oxime groups is 1. The Morgan fingerprint density at radius 3 is 3.00 bits per heavy atom. The molecule has 19 heavy (non-hydrogen) atoms. The van der Waals surface area contributed by atoms with Crippen LogP contribution < -0.4 is 5.73 Å². The van der Waals surface area contributed by atoms with Crippen LogP contribution in [0.25, 0.3) is 0 Å². The number of fused-ring (bicyclic) bond motifs is 1. The number of aryl methyl sites for hydroxylation is 1. The van der Waals surface area contributed by atoms with E-state index in [1.807, 2.05) is 17.0 Å². The van der Waals surface area contributed by atoms with Gasteiger partial charge in [0.25, 0.3) is 0 Å². The van der Waals surface area contributed by atoms with Gasteiger partial charge in [0.15, 0.2) is 0 Å². The van der Waals surface area contributed by atoms with Gasteiger partial charge < -0.3 is 15.8 Å². The number of likely N-dealkylation sites (tertiary alicyclic amines) is 1. The normalized spacial score (nSPS) is 26.8. The molecule has 0 spiro atoms. The number of hydrogen-bond acceptors (Lipinski definition) is 3. The van der Waals surface area contributed by atoms with E-state index in [1.54, 1.807) is 0 Å². The summed E-state index contributed by atoms with van der Waals surface area (Å²) in [5.41, 5.74) is 8.19. The number of amides is 1. The highest BCUT2D eigenvalue weighted by Gasteiger charge is 2.39. The zero-order valence-electron chi connectivity index (χ0n) is 10.6. The number of carbonyl (C=O) groups is 1. The van der Waals surface area contributed by atoms with Gasteiger partial charge in [-0.05, 0) is 24.0 Å². The fraction of sp³-hybridized carbons (Fsp3) is 0.429. The fourth-order valence-electron chi connectivity index (χ4n) is 3.17. The van der Waals surface area contributed by atoms with Gasteiger partial charge in [0.2, 0.25) is 5.91 Å². The van der Waals surface area contributed by atoms with Gasteiger partial charge in [-0.25, -0.2) is 0 Å². The van der Waals surface area contributed by atoms with Gasteiger partial charge in [-0.1, -0.05) is 29.4 Å². The Morgan fingerprint density at radius 2 is 2.21 bits per heavy atom. The largest absolute Gasteiger partial charge is 0.409 e. The van der Waals surface area contributed by atoms with E-state index in [0.717, 1.165) is 12.8 Å². The van der Waals surface area contributed by atoms with Crippen molar-refractivity contribution in [2.24, 2.45) is 16.8 Å². The molecule has 3 rings (SSSR count). The molecule has 0 saturated carbocycles. The monoisotopic (exact) mass is 259 g/mol. The van der Waals surface area contributed by atoms with Gasteiger partial charge in [0, 0.05) is 18.9 Å². The summed E-state index contributed by atoms with van der Waals surface area (Å²) in [5, 5.41) is 11.7. The molecule has 1 saturated heterocycles. The first-order valence-electron chi connectivity index (χ1n) is 6.55. The molecule has 0 aromatic heterocycles. The van der Waals surface area contributed by atoms with Gasteiger partial charge in [-0.15, -0.1) is 0 Å². The molecule has 1 heterocycles. The summed E-state index contributed by atoms with van der Waals surface area (Å²) in [6.07, 6.45) is 2.32. The number of hydrogen-bond donors (Lipinski definition) is 2. The quantitative estimate of drug-likeness (QED) is 0.363. The zero-order valence-corrected chi connectivity index (χ0v) is 10.6. The minimum atomic E-state index is -0.162. The molecule has 0 unspecified atom stereocenters. The second-order valence-electron chi connectivity index (χ2n) is 5.23. The molecule has 1 aromatic carbocycles. The second-order valence-corrected chi connectivity index (χ2v) is 5.23. The van der Waals surface area contributed by atoms with E-state index in [1.165, 1.54) is 11.1 Å². The molecule has 1 aliphatic heterocycles. The molecular formula is C14H17N3O2. The zero-order chi connectivity index (χ0) is 13.4. The van der Waals surface area contributed by atoms with Crippen molar-refractivity contribution in [2.75, 3.05) is 6.54 Å². The Morgan fingerprint density at radius 1 is 1.42 bits per heavy atom. The highest BCUT2D eigenvalue weighted by Crippen LogP contribution is 2.38. The van der Waals surface area contributed by atoms with Crippen LogP contribution in [0.3, 0.4) is 0 Å². The standard InChI is InChI=1S/C14H17N3O2/c15-14(16-19)10-7-13(18)17(8-10)12-6-5-9-3-1-2-4-11(9)12/h1-4,10,12,19H,5-8H2,(H2,15,16)/t10-,12-/m0/s1. The molecule has 0 radical (unpaired) electrons. The Kier molecular flexibility index (Phi) is 2.89. The van der Waals surface area contributed by atoms with Crippen molar-refractivity contribution in [1.82, 2.24) is 4.90 Å². The number of nitrogens with two attached hydrogens (primary N) is 1. The lowest BCUT2D eigenvalue weighted by molar-refractivity contribution is -0.129. The number of amidine groups is 1. The van der Waals surface area contributed by atoms with Crippen molar-refractivity contribution < 1.29 is 10.0 Å². The Labute approximate surface area is 111 Å². The molecule has 3 N–H and O–H groups in total.